The summed E-state index contributed by atoms with van der Waals surface area (Å²) >= 11 is 1.68. The van der Waals surface area contributed by atoms with Gasteiger partial charge in [-0.3, -0.25) is 9.69 Å². The number of rotatable bonds is 2. The smallest absolute Gasteiger partial charge is 0.414 e. The second-order valence-electron chi connectivity index (χ2n) is 6.04. The maximum absolute atomic E-state index is 12.3. The molecule has 22 heavy (non-hydrogen) atoms. The average Bonchev–Trinajstić information content (AvgIpc) is 2.44. The lowest BCUT2D eigenvalue weighted by molar-refractivity contribution is -0.139. The molecule has 2 rings (SSSR count). The molecule has 0 saturated carbocycles. The van der Waals surface area contributed by atoms with Crippen LogP contribution in [0, 0.1) is 0 Å². The molecule has 0 aromatic heterocycles. The lowest BCUT2D eigenvalue weighted by Gasteiger charge is -2.31. The van der Waals surface area contributed by atoms with Gasteiger partial charge in [0.1, 0.15) is 5.60 Å². The highest BCUT2D eigenvalue weighted by Gasteiger charge is 2.27. The van der Waals surface area contributed by atoms with E-state index in [2.05, 4.69) is 4.74 Å². The van der Waals surface area contributed by atoms with E-state index in [-0.39, 0.29) is 18.5 Å². The van der Waals surface area contributed by atoms with Crippen LogP contribution in [0.2, 0.25) is 0 Å². The number of esters is 1. The van der Waals surface area contributed by atoms with Gasteiger partial charge in [0.05, 0.1) is 19.2 Å². The van der Waals surface area contributed by atoms with Gasteiger partial charge in [0, 0.05) is 17.2 Å². The summed E-state index contributed by atoms with van der Waals surface area (Å²) in [6, 6.07) is 5.65. The van der Waals surface area contributed by atoms with Gasteiger partial charge >= 0.3 is 12.1 Å². The average molecular weight is 323 g/mol. The number of ether oxygens (including phenoxy) is 2. The molecular formula is C16H21NO4S. The first-order valence-electron chi connectivity index (χ1n) is 7.13. The molecule has 120 valence electrons. The summed E-state index contributed by atoms with van der Waals surface area (Å²) in [5.41, 5.74) is 1.19. The van der Waals surface area contributed by atoms with E-state index in [4.69, 9.17) is 4.74 Å². The highest BCUT2D eigenvalue weighted by Crippen LogP contribution is 2.36. The van der Waals surface area contributed by atoms with Crippen molar-refractivity contribution < 1.29 is 19.1 Å². The fourth-order valence-corrected chi connectivity index (χ4v) is 3.17. The predicted octanol–water partition coefficient (Wildman–Crippen LogP) is 3.25. The number of thioether (sulfide) groups is 1. The van der Waals surface area contributed by atoms with Gasteiger partial charge in [-0.1, -0.05) is 6.07 Å². The second kappa shape index (κ2) is 6.60. The molecule has 6 heteroatoms. The van der Waals surface area contributed by atoms with Gasteiger partial charge in [-0.15, -0.1) is 11.8 Å². The largest absolute Gasteiger partial charge is 0.469 e. The highest BCUT2D eigenvalue weighted by molar-refractivity contribution is 7.99. The van der Waals surface area contributed by atoms with E-state index in [1.165, 1.54) is 7.11 Å². The number of benzene rings is 1. The van der Waals surface area contributed by atoms with Crippen molar-refractivity contribution in [3.05, 3.63) is 23.8 Å². The van der Waals surface area contributed by atoms with Gasteiger partial charge in [-0.25, -0.2) is 4.79 Å². The number of hydrogen-bond acceptors (Lipinski definition) is 5. The van der Waals surface area contributed by atoms with Crippen LogP contribution < -0.4 is 4.90 Å². The summed E-state index contributed by atoms with van der Waals surface area (Å²) in [5, 5.41) is 0. The van der Waals surface area contributed by atoms with Crippen molar-refractivity contribution in [1.82, 2.24) is 0 Å². The maximum atomic E-state index is 12.3. The Bertz CT molecular complexity index is 580. The van der Waals surface area contributed by atoms with Gasteiger partial charge in [0.2, 0.25) is 0 Å². The molecular weight excluding hydrogens is 302 g/mol. The number of anilines is 1. The Morgan fingerprint density at radius 1 is 1.32 bits per heavy atom. The summed E-state index contributed by atoms with van der Waals surface area (Å²) in [6.45, 7) is 6.17. The molecule has 5 nitrogen and oxygen atoms in total. The maximum Gasteiger partial charge on any atom is 0.414 e. The quantitative estimate of drug-likeness (QED) is 0.782. The van der Waals surface area contributed by atoms with Crippen molar-refractivity contribution in [2.24, 2.45) is 0 Å². The number of fused-ring (bicyclic) bond motifs is 1. The molecule has 0 unspecified atom stereocenters. The topological polar surface area (TPSA) is 55.8 Å². The standard InChI is InChI=1S/C16H21NO4S/c1-16(2,3)21-15(19)17-7-8-22-13-9-11(5-6-12(13)17)10-14(18)20-4/h5-6,9H,7-8,10H2,1-4H3. The van der Waals surface area contributed by atoms with Crippen molar-refractivity contribution >= 4 is 29.5 Å². The van der Waals surface area contributed by atoms with Crippen LogP contribution in [-0.4, -0.2) is 37.1 Å². The molecule has 0 saturated heterocycles. The van der Waals surface area contributed by atoms with Crippen LogP contribution in [0.25, 0.3) is 0 Å². The molecule has 0 spiro atoms. The van der Waals surface area contributed by atoms with Crippen LogP contribution in [0.3, 0.4) is 0 Å². The first-order chi connectivity index (χ1) is 10.3. The molecule has 1 aromatic rings. The van der Waals surface area contributed by atoms with E-state index in [9.17, 15) is 9.59 Å². The molecule has 0 fully saturated rings. The molecule has 1 heterocycles. The van der Waals surface area contributed by atoms with Gasteiger partial charge in [-0.05, 0) is 38.5 Å². The molecule has 0 atom stereocenters. The van der Waals surface area contributed by atoms with E-state index in [0.29, 0.717) is 6.54 Å². The van der Waals surface area contributed by atoms with Crippen LogP contribution in [0.4, 0.5) is 10.5 Å². The summed E-state index contributed by atoms with van der Waals surface area (Å²) < 4.78 is 10.1. The Kier molecular flexibility index (Phi) is 5.01. The summed E-state index contributed by atoms with van der Waals surface area (Å²) in [4.78, 5) is 26.3. The minimum absolute atomic E-state index is 0.233. The van der Waals surface area contributed by atoms with Gasteiger partial charge in [0.15, 0.2) is 0 Å². The van der Waals surface area contributed by atoms with Crippen LogP contribution in [0.5, 0.6) is 0 Å². The Balaban J connectivity index is 2.20. The lowest BCUT2D eigenvalue weighted by atomic mass is 10.1. The first-order valence-corrected chi connectivity index (χ1v) is 8.12. The Morgan fingerprint density at radius 2 is 2.05 bits per heavy atom. The van der Waals surface area contributed by atoms with Crippen LogP contribution in [-0.2, 0) is 20.7 Å². The van der Waals surface area contributed by atoms with Crippen LogP contribution in [0.15, 0.2) is 23.1 Å². The minimum atomic E-state index is -0.521. The predicted molar refractivity (Wildman–Crippen MR) is 86.5 cm³/mol. The van der Waals surface area contributed by atoms with E-state index >= 15 is 0 Å². The zero-order valence-corrected chi connectivity index (χ0v) is 14.2. The Hall–Kier alpha value is -1.69. The van der Waals surface area contributed by atoms with E-state index in [1.54, 1.807) is 16.7 Å². The van der Waals surface area contributed by atoms with Crippen LogP contribution in [0.1, 0.15) is 26.3 Å². The molecule has 0 aliphatic carbocycles. The third kappa shape index (κ3) is 4.16. The van der Waals surface area contributed by atoms with Crippen molar-refractivity contribution in [3.63, 3.8) is 0 Å². The molecule has 0 bridgehead atoms. The van der Waals surface area contributed by atoms with Crippen molar-refractivity contribution in [1.29, 1.82) is 0 Å². The third-order valence-corrected chi connectivity index (χ3v) is 4.10. The van der Waals surface area contributed by atoms with Crippen molar-refractivity contribution in [2.45, 2.75) is 37.7 Å². The number of amides is 1. The van der Waals surface area contributed by atoms with E-state index in [0.717, 1.165) is 21.9 Å². The Labute approximate surface area is 135 Å². The SMILES string of the molecule is COC(=O)Cc1ccc2c(c1)SCCN2C(=O)OC(C)(C)C. The fourth-order valence-electron chi connectivity index (χ4n) is 2.12. The number of carbonyl (C=O) groups excluding carboxylic acids is 2. The first kappa shape index (κ1) is 16.7. The molecule has 1 amide bonds. The van der Waals surface area contributed by atoms with Gasteiger partial charge < -0.3 is 9.47 Å². The monoisotopic (exact) mass is 323 g/mol. The zero-order valence-electron chi connectivity index (χ0n) is 13.3. The van der Waals surface area contributed by atoms with Crippen LogP contribution >= 0.6 is 11.8 Å². The fraction of sp³-hybridized carbons (Fsp3) is 0.500. The number of hydrogen-bond donors (Lipinski definition) is 0. The molecule has 0 radical (unpaired) electrons. The highest BCUT2D eigenvalue weighted by atomic mass is 32.2. The third-order valence-electron chi connectivity index (χ3n) is 3.08. The summed E-state index contributed by atoms with van der Waals surface area (Å²) in [6.07, 6.45) is -0.105. The Morgan fingerprint density at radius 3 is 2.68 bits per heavy atom. The molecule has 1 aromatic carbocycles. The molecule has 0 N–H and O–H groups in total. The summed E-state index contributed by atoms with van der Waals surface area (Å²) in [7, 11) is 1.37. The minimum Gasteiger partial charge on any atom is -0.469 e. The number of carbonyl (C=O) groups is 2. The summed E-state index contributed by atoms with van der Waals surface area (Å²) in [5.74, 6) is 0.526. The number of methoxy groups -OCH3 is 1. The van der Waals surface area contributed by atoms with Gasteiger partial charge in [0.25, 0.3) is 0 Å². The molecule has 1 aliphatic heterocycles. The number of nitrogens with zero attached hydrogens (tertiary/aromatic N) is 1. The van der Waals surface area contributed by atoms with E-state index < -0.39 is 5.60 Å². The molecule has 1 aliphatic rings. The van der Waals surface area contributed by atoms with E-state index in [1.807, 2.05) is 39.0 Å². The van der Waals surface area contributed by atoms with Gasteiger partial charge in [-0.2, -0.15) is 0 Å². The zero-order chi connectivity index (χ0) is 16.3. The van der Waals surface area contributed by atoms with Crippen molar-refractivity contribution in [3.8, 4) is 0 Å². The van der Waals surface area contributed by atoms with Crippen molar-refractivity contribution in [2.75, 3.05) is 24.3 Å². The second-order valence-corrected chi connectivity index (χ2v) is 7.17. The normalized spacial score (nSPS) is 14.3. The lowest BCUT2D eigenvalue weighted by Crippen LogP contribution is -2.39.